The Morgan fingerprint density at radius 1 is 1.23 bits per heavy atom. The Kier molecular flexibility index (Phi) is 4.11. The molecule has 1 amide bonds. The molecule has 1 saturated heterocycles. The van der Waals surface area contributed by atoms with Gasteiger partial charge in [-0.2, -0.15) is 0 Å². The van der Waals surface area contributed by atoms with E-state index in [0.29, 0.717) is 37.6 Å². The highest BCUT2D eigenvalue weighted by molar-refractivity contribution is 5.81. The molecular formula is C16H17NO5. The largest absolute Gasteiger partial charge is 0.481 e. The van der Waals surface area contributed by atoms with Crippen molar-refractivity contribution in [3.05, 3.63) is 40.8 Å². The van der Waals surface area contributed by atoms with E-state index in [2.05, 4.69) is 0 Å². The normalized spacial score (nSPS) is 16.5. The number of morpholine rings is 1. The van der Waals surface area contributed by atoms with E-state index in [0.717, 1.165) is 5.39 Å². The van der Waals surface area contributed by atoms with Crippen LogP contribution in [0.1, 0.15) is 6.92 Å². The fourth-order valence-electron chi connectivity index (χ4n) is 2.41. The van der Waals surface area contributed by atoms with Gasteiger partial charge in [-0.25, -0.2) is 4.79 Å². The molecule has 0 spiro atoms. The van der Waals surface area contributed by atoms with Crippen LogP contribution in [-0.2, 0) is 9.53 Å². The smallest absolute Gasteiger partial charge is 0.336 e. The Morgan fingerprint density at radius 2 is 1.95 bits per heavy atom. The third kappa shape index (κ3) is 3.12. The molecule has 0 bridgehead atoms. The minimum absolute atomic E-state index is 0.0714. The van der Waals surface area contributed by atoms with Gasteiger partial charge < -0.3 is 18.8 Å². The Morgan fingerprint density at radius 3 is 2.73 bits per heavy atom. The van der Waals surface area contributed by atoms with Crippen LogP contribution in [0.25, 0.3) is 11.0 Å². The van der Waals surface area contributed by atoms with Crippen LogP contribution in [0.3, 0.4) is 0 Å². The van der Waals surface area contributed by atoms with Crippen LogP contribution in [-0.4, -0.2) is 43.2 Å². The second-order valence-electron chi connectivity index (χ2n) is 5.15. The van der Waals surface area contributed by atoms with Crippen molar-refractivity contribution in [2.24, 2.45) is 0 Å². The Labute approximate surface area is 127 Å². The summed E-state index contributed by atoms with van der Waals surface area (Å²) in [5, 5.41) is 0.805. The number of amides is 1. The minimum atomic E-state index is -0.606. The van der Waals surface area contributed by atoms with Gasteiger partial charge >= 0.3 is 5.63 Å². The first-order valence-corrected chi connectivity index (χ1v) is 7.20. The van der Waals surface area contributed by atoms with E-state index in [1.54, 1.807) is 36.1 Å². The highest BCUT2D eigenvalue weighted by Gasteiger charge is 2.23. The molecule has 2 aromatic rings. The zero-order valence-electron chi connectivity index (χ0n) is 12.3. The minimum Gasteiger partial charge on any atom is -0.481 e. The molecule has 0 aliphatic carbocycles. The van der Waals surface area contributed by atoms with Crippen molar-refractivity contribution in [2.75, 3.05) is 26.3 Å². The van der Waals surface area contributed by atoms with E-state index in [1.807, 2.05) is 0 Å². The second-order valence-corrected chi connectivity index (χ2v) is 5.15. The molecule has 6 nitrogen and oxygen atoms in total. The van der Waals surface area contributed by atoms with Crippen molar-refractivity contribution < 1.29 is 18.7 Å². The predicted octanol–water partition coefficient (Wildman–Crippen LogP) is 1.42. The van der Waals surface area contributed by atoms with Gasteiger partial charge in [0, 0.05) is 30.6 Å². The van der Waals surface area contributed by atoms with Gasteiger partial charge in [-0.15, -0.1) is 0 Å². The number of carbonyl (C=O) groups is 1. The molecule has 2 heterocycles. The van der Waals surface area contributed by atoms with E-state index >= 15 is 0 Å². The molecule has 0 radical (unpaired) electrons. The SMILES string of the molecule is C[C@H](Oc1ccc2ccc(=O)oc2c1)C(=O)N1CCOCC1. The van der Waals surface area contributed by atoms with Crippen LogP contribution in [0.15, 0.2) is 39.5 Å². The topological polar surface area (TPSA) is 69.0 Å². The molecule has 1 aliphatic heterocycles. The molecule has 0 saturated carbocycles. The zero-order chi connectivity index (χ0) is 15.5. The summed E-state index contributed by atoms with van der Waals surface area (Å²) in [4.78, 5) is 25.3. The van der Waals surface area contributed by atoms with Crippen LogP contribution in [0.4, 0.5) is 0 Å². The summed E-state index contributed by atoms with van der Waals surface area (Å²) in [6.45, 7) is 3.99. The molecule has 0 unspecified atom stereocenters. The van der Waals surface area contributed by atoms with E-state index in [-0.39, 0.29) is 5.91 Å². The predicted molar refractivity (Wildman–Crippen MR) is 80.0 cm³/mol. The van der Waals surface area contributed by atoms with Gasteiger partial charge in [0.25, 0.3) is 5.91 Å². The summed E-state index contributed by atoms with van der Waals surface area (Å²) in [6, 6.07) is 8.23. The maximum absolute atomic E-state index is 12.3. The van der Waals surface area contributed by atoms with Crippen molar-refractivity contribution >= 4 is 16.9 Å². The maximum Gasteiger partial charge on any atom is 0.336 e. The molecule has 1 aromatic carbocycles. The number of rotatable bonds is 3. The van der Waals surface area contributed by atoms with Gasteiger partial charge in [-0.1, -0.05) is 0 Å². The lowest BCUT2D eigenvalue weighted by atomic mass is 10.2. The summed E-state index contributed by atoms with van der Waals surface area (Å²) in [5.41, 5.74) is 0.0260. The van der Waals surface area contributed by atoms with E-state index in [1.165, 1.54) is 6.07 Å². The third-order valence-electron chi connectivity index (χ3n) is 3.58. The number of hydrogen-bond acceptors (Lipinski definition) is 5. The maximum atomic E-state index is 12.3. The van der Waals surface area contributed by atoms with Crippen molar-refractivity contribution in [3.63, 3.8) is 0 Å². The van der Waals surface area contributed by atoms with E-state index in [9.17, 15) is 9.59 Å². The van der Waals surface area contributed by atoms with Gasteiger partial charge in [0.2, 0.25) is 0 Å². The summed E-state index contributed by atoms with van der Waals surface area (Å²) in [6.07, 6.45) is -0.606. The molecule has 6 heteroatoms. The highest BCUT2D eigenvalue weighted by Crippen LogP contribution is 2.21. The fourth-order valence-corrected chi connectivity index (χ4v) is 2.41. The Balaban J connectivity index is 1.74. The molecule has 22 heavy (non-hydrogen) atoms. The lowest BCUT2D eigenvalue weighted by Gasteiger charge is -2.29. The molecule has 3 rings (SSSR count). The van der Waals surface area contributed by atoms with Gasteiger partial charge in [-0.05, 0) is 25.1 Å². The average molecular weight is 303 g/mol. The van der Waals surface area contributed by atoms with Crippen molar-refractivity contribution in [2.45, 2.75) is 13.0 Å². The van der Waals surface area contributed by atoms with Crippen molar-refractivity contribution in [1.29, 1.82) is 0 Å². The van der Waals surface area contributed by atoms with Gasteiger partial charge in [0.15, 0.2) is 6.10 Å². The summed E-state index contributed by atoms with van der Waals surface area (Å²) < 4.78 is 16.0. The fraction of sp³-hybridized carbons (Fsp3) is 0.375. The van der Waals surface area contributed by atoms with Crippen molar-refractivity contribution in [3.8, 4) is 5.75 Å². The average Bonchev–Trinajstić information content (AvgIpc) is 2.54. The summed E-state index contributed by atoms with van der Waals surface area (Å²) in [7, 11) is 0. The number of fused-ring (bicyclic) bond motifs is 1. The number of carbonyl (C=O) groups excluding carboxylic acids is 1. The van der Waals surface area contributed by atoms with E-state index in [4.69, 9.17) is 13.9 Å². The second kappa shape index (κ2) is 6.19. The lowest BCUT2D eigenvalue weighted by molar-refractivity contribution is -0.142. The van der Waals surface area contributed by atoms with Crippen LogP contribution >= 0.6 is 0 Å². The molecular weight excluding hydrogens is 286 g/mol. The van der Waals surface area contributed by atoms with Gasteiger partial charge in [0.1, 0.15) is 11.3 Å². The number of ether oxygens (including phenoxy) is 2. The molecule has 1 aromatic heterocycles. The number of benzene rings is 1. The lowest BCUT2D eigenvalue weighted by Crippen LogP contribution is -2.46. The zero-order valence-corrected chi connectivity index (χ0v) is 12.3. The summed E-state index contributed by atoms with van der Waals surface area (Å²) >= 11 is 0. The van der Waals surface area contributed by atoms with Crippen LogP contribution in [0.5, 0.6) is 5.75 Å². The summed E-state index contributed by atoms with van der Waals surface area (Å²) in [5.74, 6) is 0.425. The Hall–Kier alpha value is -2.34. The van der Waals surface area contributed by atoms with Gasteiger partial charge in [-0.3, -0.25) is 4.79 Å². The van der Waals surface area contributed by atoms with Crippen molar-refractivity contribution in [1.82, 2.24) is 4.90 Å². The molecule has 1 atom stereocenters. The monoisotopic (exact) mass is 303 g/mol. The van der Waals surface area contributed by atoms with Crippen LogP contribution in [0.2, 0.25) is 0 Å². The van der Waals surface area contributed by atoms with Crippen LogP contribution < -0.4 is 10.4 Å². The quantitative estimate of drug-likeness (QED) is 0.802. The number of hydrogen-bond donors (Lipinski definition) is 0. The first-order chi connectivity index (χ1) is 10.6. The highest BCUT2D eigenvalue weighted by atomic mass is 16.5. The molecule has 1 fully saturated rings. The third-order valence-corrected chi connectivity index (χ3v) is 3.58. The standard InChI is InChI=1S/C16H17NO5/c1-11(16(19)17-6-8-20-9-7-17)21-13-4-2-12-3-5-15(18)22-14(12)10-13/h2-5,10-11H,6-9H2,1H3/t11-/m0/s1. The Bertz CT molecular complexity index is 733. The van der Waals surface area contributed by atoms with E-state index < -0.39 is 11.7 Å². The van der Waals surface area contributed by atoms with Gasteiger partial charge in [0.05, 0.1) is 13.2 Å². The van der Waals surface area contributed by atoms with Crippen LogP contribution in [0, 0.1) is 0 Å². The first kappa shape index (κ1) is 14.6. The number of nitrogens with zero attached hydrogens (tertiary/aromatic N) is 1. The molecule has 1 aliphatic rings. The first-order valence-electron chi connectivity index (χ1n) is 7.20. The molecule has 116 valence electrons. The molecule has 0 N–H and O–H groups in total.